The minimum absolute atomic E-state index is 0.0351. The van der Waals surface area contributed by atoms with E-state index >= 15 is 8.78 Å². The van der Waals surface area contributed by atoms with Crippen molar-refractivity contribution < 1.29 is 31.5 Å². The van der Waals surface area contributed by atoms with E-state index in [1.54, 1.807) is 24.0 Å². The van der Waals surface area contributed by atoms with Gasteiger partial charge in [-0.2, -0.15) is 5.10 Å². The van der Waals surface area contributed by atoms with Gasteiger partial charge in [-0.1, -0.05) is 51.5 Å². The molecule has 3 heterocycles. The third-order valence-electron chi connectivity index (χ3n) is 10.4. The van der Waals surface area contributed by atoms with Crippen LogP contribution in [-0.2, 0) is 44.7 Å². The highest BCUT2D eigenvalue weighted by molar-refractivity contribution is 7.91. The molecule has 276 valence electrons. The Labute approximate surface area is 303 Å². The van der Waals surface area contributed by atoms with E-state index in [1.165, 1.54) is 31.4 Å². The van der Waals surface area contributed by atoms with Gasteiger partial charge in [0.25, 0.3) is 0 Å². The molecule has 6 rings (SSSR count). The standard InChI is InChI=1S/C40H46F2N4O5S/c1-25(37(47)50-6)11-12-26-9-7-10-27(21-26)40(4)18-8-17-39(2,3)24-52(48,49)20-16-30-29-15-19-43-34(29)23-33(42)35(30)51-28-13-14-32(41)31(22-28)36-44-38(40)45-46(36)5/h7,9-10,13-15,19,21-23,25,43H,8,11-12,16-18,20,24H2,1-6H3. The lowest BCUT2D eigenvalue weighted by atomic mass is 9.75. The number of nitrogens with one attached hydrogen (secondary N) is 1. The van der Waals surface area contributed by atoms with Crippen molar-refractivity contribution in [2.24, 2.45) is 18.4 Å². The van der Waals surface area contributed by atoms with E-state index in [4.69, 9.17) is 19.6 Å². The summed E-state index contributed by atoms with van der Waals surface area (Å²) in [5.41, 5.74) is 1.75. The maximum absolute atomic E-state index is 15.7. The number of hydrogen-bond donors (Lipinski definition) is 1. The fourth-order valence-electron chi connectivity index (χ4n) is 7.37. The Morgan fingerprint density at radius 2 is 1.87 bits per heavy atom. The van der Waals surface area contributed by atoms with Crippen LogP contribution < -0.4 is 4.74 Å². The molecular weight excluding hydrogens is 687 g/mol. The number of sulfone groups is 1. The van der Waals surface area contributed by atoms with Gasteiger partial charge < -0.3 is 14.5 Å². The normalized spacial score (nSPS) is 19.5. The van der Waals surface area contributed by atoms with Gasteiger partial charge >= 0.3 is 5.97 Å². The van der Waals surface area contributed by atoms with Gasteiger partial charge in [0, 0.05) is 35.8 Å². The van der Waals surface area contributed by atoms with Gasteiger partial charge in [-0.3, -0.25) is 4.79 Å². The first kappa shape index (κ1) is 37.2. The summed E-state index contributed by atoms with van der Waals surface area (Å²) < 4.78 is 71.3. The number of esters is 1. The first-order valence-electron chi connectivity index (χ1n) is 17.6. The number of aromatic nitrogens is 4. The van der Waals surface area contributed by atoms with Gasteiger partial charge in [-0.15, -0.1) is 0 Å². The maximum atomic E-state index is 15.7. The molecule has 9 nitrogen and oxygen atoms in total. The molecule has 0 amide bonds. The number of fused-ring (bicyclic) bond motifs is 8. The van der Waals surface area contributed by atoms with Gasteiger partial charge in [0.2, 0.25) is 0 Å². The molecule has 2 unspecified atom stereocenters. The molecule has 12 heteroatoms. The fraction of sp³-hybridized carbons (Fsp3) is 0.425. The van der Waals surface area contributed by atoms with E-state index in [-0.39, 0.29) is 52.7 Å². The summed E-state index contributed by atoms with van der Waals surface area (Å²) in [7, 11) is -0.488. The van der Waals surface area contributed by atoms with Crippen molar-refractivity contribution in [1.29, 1.82) is 0 Å². The molecule has 4 bridgehead atoms. The molecule has 1 N–H and O–H groups in total. The first-order valence-corrected chi connectivity index (χ1v) is 19.5. The molecule has 0 saturated carbocycles. The van der Waals surface area contributed by atoms with Crippen LogP contribution in [0.2, 0.25) is 0 Å². The summed E-state index contributed by atoms with van der Waals surface area (Å²) in [4.78, 5) is 20.0. The number of rotatable bonds is 5. The molecule has 3 aromatic carbocycles. The van der Waals surface area contributed by atoms with Gasteiger partial charge in [0.1, 0.15) is 11.6 Å². The Hall–Kier alpha value is -4.58. The zero-order valence-corrected chi connectivity index (χ0v) is 31.4. The van der Waals surface area contributed by atoms with Crippen LogP contribution in [0.3, 0.4) is 0 Å². The van der Waals surface area contributed by atoms with Crippen LogP contribution in [0, 0.1) is 23.0 Å². The Kier molecular flexibility index (Phi) is 10.3. The molecule has 1 aliphatic heterocycles. The van der Waals surface area contributed by atoms with Crippen molar-refractivity contribution in [3.63, 3.8) is 0 Å². The minimum Gasteiger partial charge on any atom is -0.469 e. The topological polar surface area (TPSA) is 116 Å². The number of aromatic amines is 1. The van der Waals surface area contributed by atoms with Crippen LogP contribution in [0.1, 0.15) is 75.9 Å². The highest BCUT2D eigenvalue weighted by Crippen LogP contribution is 2.41. The van der Waals surface area contributed by atoms with Crippen molar-refractivity contribution in [2.75, 3.05) is 18.6 Å². The molecule has 2 aromatic heterocycles. The smallest absolute Gasteiger partial charge is 0.308 e. The summed E-state index contributed by atoms with van der Waals surface area (Å²) in [5, 5.41) is 5.50. The zero-order chi connectivity index (χ0) is 37.4. The fourth-order valence-corrected chi connectivity index (χ4v) is 9.36. The lowest BCUT2D eigenvalue weighted by Gasteiger charge is -2.31. The molecule has 5 aromatic rings. The number of halogens is 2. The Bertz CT molecular complexity index is 2230. The second-order valence-corrected chi connectivity index (χ2v) is 17.3. The summed E-state index contributed by atoms with van der Waals surface area (Å²) in [6.07, 6.45) is 4.83. The van der Waals surface area contributed by atoms with Crippen molar-refractivity contribution >= 4 is 26.7 Å². The number of carbonyl (C=O) groups excluding carboxylic acids is 1. The third-order valence-corrected chi connectivity index (χ3v) is 12.4. The van der Waals surface area contributed by atoms with Crippen LogP contribution in [-0.4, -0.2) is 52.8 Å². The zero-order valence-electron chi connectivity index (χ0n) is 30.6. The van der Waals surface area contributed by atoms with E-state index in [9.17, 15) is 13.2 Å². The molecular formula is C40H46F2N4O5S. The van der Waals surface area contributed by atoms with Crippen molar-refractivity contribution in [3.8, 4) is 22.9 Å². The predicted molar refractivity (Wildman–Crippen MR) is 197 cm³/mol. The monoisotopic (exact) mass is 732 g/mol. The number of hydrogen-bond acceptors (Lipinski definition) is 7. The first-order chi connectivity index (χ1) is 24.6. The molecule has 0 spiro atoms. The second kappa shape index (κ2) is 14.4. The summed E-state index contributed by atoms with van der Waals surface area (Å²) in [6.45, 7) is 7.81. The number of ether oxygens (including phenoxy) is 2. The average Bonchev–Trinajstić information content (AvgIpc) is 3.73. The highest BCUT2D eigenvalue weighted by atomic mass is 32.2. The van der Waals surface area contributed by atoms with E-state index in [0.717, 1.165) is 11.1 Å². The van der Waals surface area contributed by atoms with Gasteiger partial charge in [-0.05, 0) is 79.8 Å². The number of benzene rings is 3. The number of methoxy groups -OCH3 is 1. The van der Waals surface area contributed by atoms with Crippen LogP contribution in [0.4, 0.5) is 8.78 Å². The second-order valence-electron chi connectivity index (χ2n) is 15.1. The third kappa shape index (κ3) is 7.77. The molecule has 0 radical (unpaired) electrons. The number of H-pyrrole nitrogens is 1. The molecule has 0 saturated heterocycles. The maximum Gasteiger partial charge on any atom is 0.308 e. The van der Waals surface area contributed by atoms with Crippen LogP contribution in [0.25, 0.3) is 22.3 Å². The lowest BCUT2D eigenvalue weighted by molar-refractivity contribution is -0.145. The van der Waals surface area contributed by atoms with Crippen molar-refractivity contribution in [3.05, 3.63) is 94.9 Å². The van der Waals surface area contributed by atoms with Gasteiger partial charge in [-0.25, -0.2) is 26.9 Å². The number of aryl methyl sites for hydroxylation is 3. The molecule has 2 atom stereocenters. The minimum atomic E-state index is -3.58. The summed E-state index contributed by atoms with van der Waals surface area (Å²) in [5.74, 6) is -1.14. The molecule has 52 heavy (non-hydrogen) atoms. The van der Waals surface area contributed by atoms with E-state index in [0.29, 0.717) is 54.4 Å². The largest absolute Gasteiger partial charge is 0.469 e. The molecule has 0 aliphatic carbocycles. The average molecular weight is 733 g/mol. The quantitative estimate of drug-likeness (QED) is 0.181. The van der Waals surface area contributed by atoms with Gasteiger partial charge in [0.05, 0.1) is 35.5 Å². The van der Waals surface area contributed by atoms with Crippen LogP contribution >= 0.6 is 0 Å². The Morgan fingerprint density at radius 3 is 2.63 bits per heavy atom. The SMILES string of the molecule is COC(=O)C(C)CCc1cccc(C2(C)CCCC(C)(C)CS(=O)(=O)CCc3c(c(F)cc4[nH]ccc34)Oc3ccc(F)c(c3)-c3nc2nn3C)c1. The highest BCUT2D eigenvalue weighted by Gasteiger charge is 2.36. The number of nitrogens with zero attached hydrogens (tertiary/aromatic N) is 3. The van der Waals surface area contributed by atoms with Crippen molar-refractivity contribution in [2.45, 2.75) is 71.6 Å². The predicted octanol–water partition coefficient (Wildman–Crippen LogP) is 8.25. The molecule has 1 aliphatic rings. The van der Waals surface area contributed by atoms with Crippen molar-refractivity contribution in [1.82, 2.24) is 19.7 Å². The lowest BCUT2D eigenvalue weighted by Crippen LogP contribution is -2.29. The van der Waals surface area contributed by atoms with E-state index in [1.807, 2.05) is 39.0 Å². The Morgan fingerprint density at radius 1 is 1.08 bits per heavy atom. The van der Waals surface area contributed by atoms with Crippen LogP contribution in [0.5, 0.6) is 11.5 Å². The molecule has 0 fully saturated rings. The summed E-state index contributed by atoms with van der Waals surface area (Å²) in [6, 6.07) is 15.3. The van der Waals surface area contributed by atoms with E-state index in [2.05, 4.69) is 18.0 Å². The summed E-state index contributed by atoms with van der Waals surface area (Å²) >= 11 is 0. The Balaban J connectivity index is 1.46. The van der Waals surface area contributed by atoms with Crippen LogP contribution in [0.15, 0.2) is 60.8 Å². The number of carbonyl (C=O) groups is 1. The van der Waals surface area contributed by atoms with E-state index < -0.39 is 32.3 Å². The van der Waals surface area contributed by atoms with Gasteiger partial charge in [0.15, 0.2) is 33.1 Å².